The summed E-state index contributed by atoms with van der Waals surface area (Å²) in [4.78, 5) is 38.2. The standard InChI is InChI=1S/C16H13N3O6/c1-10-17-9-14(19(22)23)18(10)6-7-24-15(20)12-8-11-4-2-3-5-13(11)25-16(12)21/h2-5,8-9H,6-7H2,1H3. The lowest BCUT2D eigenvalue weighted by atomic mass is 10.2. The van der Waals surface area contributed by atoms with E-state index < -0.39 is 16.5 Å². The molecule has 0 saturated carbocycles. The van der Waals surface area contributed by atoms with Crippen molar-refractivity contribution < 1.29 is 18.9 Å². The number of ether oxygens (including phenoxy) is 1. The summed E-state index contributed by atoms with van der Waals surface area (Å²) >= 11 is 0. The zero-order valence-corrected chi connectivity index (χ0v) is 13.2. The predicted octanol–water partition coefficient (Wildman–Crippen LogP) is 2.06. The number of carbonyl (C=O) groups excluding carboxylic acids is 1. The highest BCUT2D eigenvalue weighted by Crippen LogP contribution is 2.15. The zero-order chi connectivity index (χ0) is 18.0. The van der Waals surface area contributed by atoms with E-state index in [-0.39, 0.29) is 24.5 Å². The Morgan fingerprint density at radius 2 is 2.16 bits per heavy atom. The summed E-state index contributed by atoms with van der Waals surface area (Å²) in [5.41, 5.74) is -0.655. The van der Waals surface area contributed by atoms with Crippen LogP contribution in [0.1, 0.15) is 16.2 Å². The molecule has 9 nitrogen and oxygen atoms in total. The molecule has 3 rings (SSSR count). The monoisotopic (exact) mass is 343 g/mol. The van der Waals surface area contributed by atoms with E-state index in [2.05, 4.69) is 4.98 Å². The molecule has 0 amide bonds. The smallest absolute Gasteiger partial charge is 0.351 e. The third kappa shape index (κ3) is 3.25. The van der Waals surface area contributed by atoms with E-state index in [1.165, 1.54) is 10.6 Å². The number of rotatable bonds is 5. The Balaban J connectivity index is 1.73. The van der Waals surface area contributed by atoms with Gasteiger partial charge in [-0.1, -0.05) is 18.2 Å². The third-order valence-corrected chi connectivity index (χ3v) is 3.63. The maximum Gasteiger partial charge on any atom is 0.351 e. The number of hydrogen-bond acceptors (Lipinski definition) is 7. The third-order valence-electron chi connectivity index (χ3n) is 3.63. The highest BCUT2D eigenvalue weighted by Gasteiger charge is 2.19. The Hall–Kier alpha value is -3.49. The van der Waals surface area contributed by atoms with Crippen molar-refractivity contribution >= 4 is 22.8 Å². The minimum atomic E-state index is -0.847. The molecule has 0 aliphatic carbocycles. The second kappa shape index (κ2) is 6.56. The SMILES string of the molecule is Cc1ncc([N+](=O)[O-])n1CCOC(=O)c1cc2ccccc2oc1=O. The van der Waals surface area contributed by atoms with E-state index in [0.29, 0.717) is 16.8 Å². The fraction of sp³-hybridized carbons (Fsp3) is 0.188. The van der Waals surface area contributed by atoms with E-state index in [0.717, 1.165) is 6.20 Å². The van der Waals surface area contributed by atoms with Crippen molar-refractivity contribution in [2.24, 2.45) is 0 Å². The number of benzene rings is 1. The van der Waals surface area contributed by atoms with Crippen LogP contribution in [0.5, 0.6) is 0 Å². The molecular formula is C16H13N3O6. The molecule has 0 aliphatic heterocycles. The first-order chi connectivity index (χ1) is 12.0. The molecule has 128 valence electrons. The number of aromatic nitrogens is 2. The summed E-state index contributed by atoms with van der Waals surface area (Å²) in [5.74, 6) is -0.619. The van der Waals surface area contributed by atoms with Crippen LogP contribution >= 0.6 is 0 Å². The molecule has 0 aliphatic rings. The topological polar surface area (TPSA) is 117 Å². The van der Waals surface area contributed by atoms with Crippen LogP contribution < -0.4 is 5.63 Å². The molecule has 9 heteroatoms. The lowest BCUT2D eigenvalue weighted by molar-refractivity contribution is -0.392. The lowest BCUT2D eigenvalue weighted by Crippen LogP contribution is -2.19. The summed E-state index contributed by atoms with van der Waals surface area (Å²) in [6.45, 7) is 1.50. The van der Waals surface area contributed by atoms with Gasteiger partial charge in [-0.15, -0.1) is 0 Å². The van der Waals surface area contributed by atoms with Crippen LogP contribution in [0.2, 0.25) is 0 Å². The number of fused-ring (bicyclic) bond motifs is 1. The normalized spacial score (nSPS) is 10.8. The molecule has 0 unspecified atom stereocenters. The molecular weight excluding hydrogens is 330 g/mol. The number of esters is 1. The lowest BCUT2D eigenvalue weighted by Gasteiger charge is -2.05. The van der Waals surface area contributed by atoms with Crippen molar-refractivity contribution in [3.63, 3.8) is 0 Å². The minimum Gasteiger partial charge on any atom is -0.458 e. The average molecular weight is 343 g/mol. The van der Waals surface area contributed by atoms with Gasteiger partial charge >= 0.3 is 17.4 Å². The maximum atomic E-state index is 12.1. The quantitative estimate of drug-likeness (QED) is 0.301. The fourth-order valence-corrected chi connectivity index (χ4v) is 2.39. The van der Waals surface area contributed by atoms with Gasteiger partial charge in [0.15, 0.2) is 5.82 Å². The van der Waals surface area contributed by atoms with Crippen LogP contribution in [0.25, 0.3) is 11.0 Å². The number of para-hydroxylation sites is 1. The fourth-order valence-electron chi connectivity index (χ4n) is 2.39. The maximum absolute atomic E-state index is 12.1. The van der Waals surface area contributed by atoms with Gasteiger partial charge in [-0.2, -0.15) is 0 Å². The second-order valence-corrected chi connectivity index (χ2v) is 5.19. The molecule has 25 heavy (non-hydrogen) atoms. The van der Waals surface area contributed by atoms with Crippen LogP contribution in [0.3, 0.4) is 0 Å². The van der Waals surface area contributed by atoms with Gasteiger partial charge in [0.1, 0.15) is 30.5 Å². The molecule has 2 aromatic heterocycles. The molecule has 1 aromatic carbocycles. The highest BCUT2D eigenvalue weighted by molar-refractivity contribution is 5.92. The molecule has 0 spiro atoms. The first-order valence-corrected chi connectivity index (χ1v) is 7.34. The van der Waals surface area contributed by atoms with Crippen molar-refractivity contribution in [3.05, 3.63) is 68.5 Å². The van der Waals surface area contributed by atoms with Crippen LogP contribution in [0.15, 0.2) is 45.7 Å². The Labute approximate surface area is 140 Å². The van der Waals surface area contributed by atoms with Gasteiger partial charge in [-0.3, -0.25) is 0 Å². The summed E-state index contributed by atoms with van der Waals surface area (Å²) in [6.07, 6.45) is 1.13. The summed E-state index contributed by atoms with van der Waals surface area (Å²) < 4.78 is 11.4. The summed E-state index contributed by atoms with van der Waals surface area (Å²) in [5, 5.41) is 11.5. The minimum absolute atomic E-state index is 0.0484. The van der Waals surface area contributed by atoms with Crippen LogP contribution in [-0.2, 0) is 11.3 Å². The van der Waals surface area contributed by atoms with Crippen LogP contribution in [0.4, 0.5) is 5.82 Å². The summed E-state index contributed by atoms with van der Waals surface area (Å²) in [6, 6.07) is 8.18. The van der Waals surface area contributed by atoms with E-state index in [1.807, 2.05) is 0 Å². The number of hydrogen-bond donors (Lipinski definition) is 0. The van der Waals surface area contributed by atoms with E-state index in [9.17, 15) is 19.7 Å². The first-order valence-electron chi connectivity index (χ1n) is 7.34. The number of aryl methyl sites for hydroxylation is 1. The number of carbonyl (C=O) groups is 1. The Morgan fingerprint density at radius 1 is 1.40 bits per heavy atom. The molecule has 0 bridgehead atoms. The van der Waals surface area contributed by atoms with Gasteiger partial charge in [0.25, 0.3) is 0 Å². The van der Waals surface area contributed by atoms with Gasteiger partial charge in [-0.05, 0) is 17.1 Å². The van der Waals surface area contributed by atoms with Crippen molar-refractivity contribution in [2.75, 3.05) is 6.61 Å². The molecule has 0 N–H and O–H groups in total. The highest BCUT2D eigenvalue weighted by atomic mass is 16.6. The van der Waals surface area contributed by atoms with E-state index in [1.54, 1.807) is 31.2 Å². The predicted molar refractivity (Wildman–Crippen MR) is 86.4 cm³/mol. The molecule has 0 saturated heterocycles. The number of imidazole rings is 1. The van der Waals surface area contributed by atoms with E-state index >= 15 is 0 Å². The second-order valence-electron chi connectivity index (χ2n) is 5.19. The van der Waals surface area contributed by atoms with Gasteiger partial charge in [0.05, 0.1) is 0 Å². The Kier molecular flexibility index (Phi) is 4.29. The van der Waals surface area contributed by atoms with Crippen molar-refractivity contribution in [1.82, 2.24) is 9.55 Å². The van der Waals surface area contributed by atoms with Crippen molar-refractivity contribution in [3.8, 4) is 0 Å². The average Bonchev–Trinajstić information content (AvgIpc) is 2.95. The Morgan fingerprint density at radius 3 is 2.92 bits per heavy atom. The zero-order valence-electron chi connectivity index (χ0n) is 13.2. The molecule has 3 aromatic rings. The van der Waals surface area contributed by atoms with Gasteiger partial charge in [-0.25, -0.2) is 19.1 Å². The van der Waals surface area contributed by atoms with Crippen molar-refractivity contribution in [1.29, 1.82) is 0 Å². The molecule has 0 radical (unpaired) electrons. The first kappa shape index (κ1) is 16.4. The van der Waals surface area contributed by atoms with Crippen LogP contribution in [0, 0.1) is 17.0 Å². The van der Waals surface area contributed by atoms with Gasteiger partial charge < -0.3 is 19.3 Å². The number of nitrogens with zero attached hydrogens (tertiary/aromatic N) is 3. The largest absolute Gasteiger partial charge is 0.458 e. The summed E-state index contributed by atoms with van der Waals surface area (Å²) in [7, 11) is 0. The molecule has 2 heterocycles. The van der Waals surface area contributed by atoms with Crippen molar-refractivity contribution in [2.45, 2.75) is 13.5 Å². The van der Waals surface area contributed by atoms with Gasteiger partial charge in [0.2, 0.25) is 0 Å². The van der Waals surface area contributed by atoms with E-state index in [4.69, 9.17) is 9.15 Å². The number of nitro groups is 1. The molecule has 0 fully saturated rings. The van der Waals surface area contributed by atoms with Crippen LogP contribution in [-0.4, -0.2) is 27.1 Å². The Bertz CT molecular complexity index is 1020. The van der Waals surface area contributed by atoms with Gasteiger partial charge in [0, 0.05) is 12.3 Å². The molecule has 0 atom stereocenters.